The van der Waals surface area contributed by atoms with Crippen LogP contribution in [0.15, 0.2) is 66.5 Å². The van der Waals surface area contributed by atoms with Crippen molar-refractivity contribution in [1.29, 1.82) is 0 Å². The van der Waals surface area contributed by atoms with Crippen LogP contribution in [0.25, 0.3) is 6.08 Å². The van der Waals surface area contributed by atoms with Gasteiger partial charge in [0, 0.05) is 43.0 Å². The molecule has 0 saturated carbocycles. The summed E-state index contributed by atoms with van der Waals surface area (Å²) in [5, 5.41) is 10.5. The fourth-order valence-corrected chi connectivity index (χ4v) is 4.28. The van der Waals surface area contributed by atoms with Gasteiger partial charge in [0.05, 0.1) is 5.60 Å². The Balaban J connectivity index is 1.38. The number of halogens is 3. The van der Waals surface area contributed by atoms with Gasteiger partial charge in [0.25, 0.3) is 5.91 Å². The highest BCUT2D eigenvalue weighted by atomic mass is 19.3. The normalized spacial score (nSPS) is 17.1. The number of carbonyl (C=O) groups is 1. The third-order valence-corrected chi connectivity index (χ3v) is 6.24. The predicted molar refractivity (Wildman–Crippen MR) is 119 cm³/mol. The van der Waals surface area contributed by atoms with E-state index in [4.69, 9.17) is 0 Å². The predicted octanol–water partition coefficient (Wildman–Crippen LogP) is 5.68. The number of hydrogen-bond donors (Lipinski definition) is 1. The van der Waals surface area contributed by atoms with Gasteiger partial charge in [0.2, 0.25) is 0 Å². The van der Waals surface area contributed by atoms with Crippen molar-refractivity contribution >= 4 is 23.4 Å². The van der Waals surface area contributed by atoms with Crippen LogP contribution in [0.1, 0.15) is 41.6 Å². The molecule has 0 radical (unpaired) electrons. The van der Waals surface area contributed by atoms with Gasteiger partial charge in [-0.3, -0.25) is 4.79 Å². The number of benzene rings is 2. The molecule has 168 valence electrons. The molecule has 32 heavy (non-hydrogen) atoms. The third-order valence-electron chi connectivity index (χ3n) is 6.24. The Morgan fingerprint density at radius 1 is 1.00 bits per heavy atom. The van der Waals surface area contributed by atoms with Gasteiger partial charge in [-0.15, -0.1) is 0 Å². The first-order chi connectivity index (χ1) is 15.4. The number of aliphatic hydroxyl groups is 1. The van der Waals surface area contributed by atoms with Gasteiger partial charge < -0.3 is 14.9 Å². The number of anilines is 2. The zero-order valence-corrected chi connectivity index (χ0v) is 17.6. The van der Waals surface area contributed by atoms with Crippen LogP contribution >= 0.6 is 0 Å². The van der Waals surface area contributed by atoms with Crippen LogP contribution in [-0.2, 0) is 0 Å². The summed E-state index contributed by atoms with van der Waals surface area (Å²) in [6.07, 6.45) is 1.74. The summed E-state index contributed by atoms with van der Waals surface area (Å²) in [6.45, 7) is 1.34. The van der Waals surface area contributed by atoms with Crippen molar-refractivity contribution in [3.8, 4) is 0 Å². The molecular weight excluding hydrogens is 417 g/mol. The van der Waals surface area contributed by atoms with E-state index in [1.807, 2.05) is 24.3 Å². The molecule has 2 aromatic rings. The first-order valence-corrected chi connectivity index (χ1v) is 10.7. The number of piperidine rings is 1. The number of nitrogens with zero attached hydrogens (tertiary/aromatic N) is 2. The topological polar surface area (TPSA) is 43.8 Å². The maximum absolute atomic E-state index is 13.1. The fraction of sp³-hybridized carbons (Fsp3) is 0.320. The molecule has 2 aliphatic rings. The van der Waals surface area contributed by atoms with Gasteiger partial charge in [0.15, 0.2) is 5.83 Å². The van der Waals surface area contributed by atoms with Gasteiger partial charge in [0.1, 0.15) is 0 Å². The van der Waals surface area contributed by atoms with Crippen LogP contribution in [0.2, 0.25) is 0 Å². The Bertz CT molecular complexity index is 1040. The number of fused-ring (bicyclic) bond motifs is 1. The minimum Gasteiger partial charge on any atom is -0.390 e. The molecular formula is C25H25F3N2O2. The Kier molecular flexibility index (Phi) is 6.37. The van der Waals surface area contributed by atoms with Crippen molar-refractivity contribution in [1.82, 2.24) is 4.90 Å². The van der Waals surface area contributed by atoms with Gasteiger partial charge >= 0.3 is 6.08 Å². The van der Waals surface area contributed by atoms with Crippen molar-refractivity contribution < 1.29 is 23.1 Å². The SMILES string of the molecule is O=C(c1ccc(N2CC=Cc3ccccc32)cc1)N1CCC(O)(CCC(F)=C(F)F)CC1. The van der Waals surface area contributed by atoms with E-state index in [1.54, 1.807) is 17.0 Å². The largest absolute Gasteiger partial charge is 0.390 e. The molecule has 2 aliphatic heterocycles. The van der Waals surface area contributed by atoms with E-state index in [2.05, 4.69) is 29.2 Å². The molecule has 0 bridgehead atoms. The molecule has 1 amide bonds. The van der Waals surface area contributed by atoms with Crippen LogP contribution < -0.4 is 4.90 Å². The molecule has 0 spiro atoms. The molecule has 4 rings (SSSR count). The number of amides is 1. The van der Waals surface area contributed by atoms with Gasteiger partial charge in [-0.25, -0.2) is 4.39 Å². The number of rotatable bonds is 5. The fourth-order valence-electron chi connectivity index (χ4n) is 4.28. The van der Waals surface area contributed by atoms with E-state index < -0.39 is 23.9 Å². The lowest BCUT2D eigenvalue weighted by Gasteiger charge is -2.38. The molecule has 1 N–H and O–H groups in total. The Labute approximate surface area is 185 Å². The molecule has 2 aromatic carbocycles. The van der Waals surface area contributed by atoms with E-state index >= 15 is 0 Å². The summed E-state index contributed by atoms with van der Waals surface area (Å²) in [7, 11) is 0. The van der Waals surface area contributed by atoms with Crippen LogP contribution in [0.3, 0.4) is 0 Å². The Morgan fingerprint density at radius 2 is 1.69 bits per heavy atom. The lowest BCUT2D eigenvalue weighted by Crippen LogP contribution is -2.46. The quantitative estimate of drug-likeness (QED) is 0.648. The highest BCUT2D eigenvalue weighted by Crippen LogP contribution is 2.33. The van der Waals surface area contributed by atoms with Gasteiger partial charge in [-0.1, -0.05) is 30.4 Å². The lowest BCUT2D eigenvalue weighted by atomic mass is 9.86. The standard InChI is InChI=1S/C25H25F3N2O2/c26-21(23(27)28)11-12-25(32)13-16-29(17-14-25)24(31)19-7-9-20(10-8-19)30-15-3-5-18-4-1-2-6-22(18)30/h1-10,32H,11-17H2. The molecule has 1 saturated heterocycles. The van der Waals surface area contributed by atoms with E-state index in [-0.39, 0.29) is 25.2 Å². The maximum Gasteiger partial charge on any atom is 0.301 e. The zero-order valence-electron chi connectivity index (χ0n) is 17.6. The lowest BCUT2D eigenvalue weighted by molar-refractivity contribution is -0.0236. The van der Waals surface area contributed by atoms with Crippen molar-refractivity contribution in [2.75, 3.05) is 24.5 Å². The summed E-state index contributed by atoms with van der Waals surface area (Å²) in [6, 6.07) is 15.6. The zero-order chi connectivity index (χ0) is 22.7. The molecule has 0 aliphatic carbocycles. The van der Waals surface area contributed by atoms with E-state index in [0.29, 0.717) is 18.7 Å². The summed E-state index contributed by atoms with van der Waals surface area (Å²) in [5.74, 6) is -1.62. The molecule has 4 nitrogen and oxygen atoms in total. The van der Waals surface area contributed by atoms with Crippen molar-refractivity contribution in [3.05, 3.63) is 77.6 Å². The number of hydrogen-bond acceptors (Lipinski definition) is 3. The molecule has 1 fully saturated rings. The summed E-state index contributed by atoms with van der Waals surface area (Å²) in [5.41, 5.74) is 2.56. The third kappa shape index (κ3) is 4.72. The maximum atomic E-state index is 13.1. The first-order valence-electron chi connectivity index (χ1n) is 10.7. The number of para-hydroxylation sites is 1. The number of allylic oxidation sites excluding steroid dienone is 1. The molecule has 2 heterocycles. The van der Waals surface area contributed by atoms with E-state index in [0.717, 1.165) is 23.5 Å². The van der Waals surface area contributed by atoms with Gasteiger partial charge in [-0.05, 0) is 55.2 Å². The Hall–Kier alpha value is -3.06. The Morgan fingerprint density at radius 3 is 2.38 bits per heavy atom. The molecule has 0 atom stereocenters. The van der Waals surface area contributed by atoms with Crippen molar-refractivity contribution in [3.63, 3.8) is 0 Å². The summed E-state index contributed by atoms with van der Waals surface area (Å²) < 4.78 is 37.6. The highest BCUT2D eigenvalue weighted by Gasteiger charge is 2.34. The van der Waals surface area contributed by atoms with Crippen LogP contribution in [0.4, 0.5) is 24.5 Å². The molecule has 0 unspecified atom stereocenters. The second-order valence-corrected chi connectivity index (χ2v) is 8.30. The van der Waals surface area contributed by atoms with Crippen LogP contribution in [-0.4, -0.2) is 41.1 Å². The van der Waals surface area contributed by atoms with E-state index in [1.165, 1.54) is 0 Å². The minimum absolute atomic E-state index is 0.0847. The monoisotopic (exact) mass is 442 g/mol. The van der Waals surface area contributed by atoms with Gasteiger partial charge in [-0.2, -0.15) is 8.78 Å². The van der Waals surface area contributed by atoms with Crippen LogP contribution in [0.5, 0.6) is 0 Å². The summed E-state index contributed by atoms with van der Waals surface area (Å²) in [4.78, 5) is 16.7. The minimum atomic E-state index is -2.34. The van der Waals surface area contributed by atoms with Crippen molar-refractivity contribution in [2.45, 2.75) is 31.3 Å². The van der Waals surface area contributed by atoms with E-state index in [9.17, 15) is 23.1 Å². The average Bonchev–Trinajstić information content (AvgIpc) is 2.82. The second-order valence-electron chi connectivity index (χ2n) is 8.30. The first kappa shape index (κ1) is 22.1. The second kappa shape index (κ2) is 9.20. The van der Waals surface area contributed by atoms with Crippen LogP contribution in [0, 0.1) is 0 Å². The smallest absolute Gasteiger partial charge is 0.301 e. The summed E-state index contributed by atoms with van der Waals surface area (Å²) >= 11 is 0. The molecule has 0 aromatic heterocycles. The molecule has 7 heteroatoms. The average molecular weight is 442 g/mol. The number of carbonyl (C=O) groups excluding carboxylic acids is 1. The van der Waals surface area contributed by atoms with Crippen molar-refractivity contribution in [2.24, 2.45) is 0 Å². The highest BCUT2D eigenvalue weighted by molar-refractivity contribution is 5.95. The number of likely N-dealkylation sites (tertiary alicyclic amines) is 1.